The van der Waals surface area contributed by atoms with Gasteiger partial charge in [-0.1, -0.05) is 13.3 Å². The fourth-order valence-electron chi connectivity index (χ4n) is 4.62. The molecule has 0 aromatic rings. The predicted octanol–water partition coefficient (Wildman–Crippen LogP) is 2.10. The molecule has 2 N–H and O–H groups in total. The van der Waals surface area contributed by atoms with Crippen molar-refractivity contribution in [1.82, 2.24) is 10.6 Å². The summed E-state index contributed by atoms with van der Waals surface area (Å²) < 4.78 is 4.82. The van der Waals surface area contributed by atoms with Crippen LogP contribution in [0.15, 0.2) is 0 Å². The van der Waals surface area contributed by atoms with Crippen molar-refractivity contribution in [1.29, 1.82) is 0 Å². The summed E-state index contributed by atoms with van der Waals surface area (Å²) in [4.78, 5) is 24.5. The third-order valence-corrected chi connectivity index (χ3v) is 7.48. The maximum Gasteiger partial charge on any atom is 0.307 e. The van der Waals surface area contributed by atoms with Crippen LogP contribution in [-0.4, -0.2) is 48.1 Å². The summed E-state index contributed by atoms with van der Waals surface area (Å²) >= 11 is 1.87. The van der Waals surface area contributed by atoms with Gasteiger partial charge in [-0.05, 0) is 49.7 Å². The van der Waals surface area contributed by atoms with Gasteiger partial charge in [-0.25, -0.2) is 0 Å². The average Bonchev–Trinajstić information content (AvgIpc) is 3.24. The largest absolute Gasteiger partial charge is 0.469 e. The second kappa shape index (κ2) is 8.09. The van der Waals surface area contributed by atoms with Gasteiger partial charge < -0.3 is 15.4 Å². The van der Waals surface area contributed by atoms with Gasteiger partial charge in [0.25, 0.3) is 0 Å². The van der Waals surface area contributed by atoms with Crippen LogP contribution >= 0.6 is 11.8 Å². The molecule has 3 fully saturated rings. The van der Waals surface area contributed by atoms with E-state index in [0.29, 0.717) is 23.1 Å². The molecule has 1 saturated carbocycles. The lowest BCUT2D eigenvalue weighted by atomic mass is 9.78. The van der Waals surface area contributed by atoms with Crippen LogP contribution in [0.4, 0.5) is 0 Å². The van der Waals surface area contributed by atoms with Crippen LogP contribution in [0, 0.1) is 11.8 Å². The number of fused-ring (bicyclic) bond motifs is 1. The molecule has 6 unspecified atom stereocenters. The van der Waals surface area contributed by atoms with Gasteiger partial charge in [0.05, 0.1) is 25.6 Å². The van der Waals surface area contributed by atoms with Crippen molar-refractivity contribution >= 4 is 23.6 Å². The summed E-state index contributed by atoms with van der Waals surface area (Å²) in [6, 6.07) is 0.265. The summed E-state index contributed by atoms with van der Waals surface area (Å²) in [7, 11) is 1.41. The Morgan fingerprint density at radius 1 is 1.29 bits per heavy atom. The molecular formula is C18H30N2O3S. The van der Waals surface area contributed by atoms with E-state index in [1.54, 1.807) is 0 Å². The number of carbonyl (C=O) groups is 2. The van der Waals surface area contributed by atoms with E-state index in [2.05, 4.69) is 17.6 Å². The Hall–Kier alpha value is -0.750. The molecule has 3 rings (SSSR count). The van der Waals surface area contributed by atoms with Crippen LogP contribution in [0.5, 0.6) is 0 Å². The summed E-state index contributed by atoms with van der Waals surface area (Å²) in [5.41, 5.74) is 0. The van der Waals surface area contributed by atoms with E-state index in [-0.39, 0.29) is 30.4 Å². The number of nitrogens with one attached hydrogen (secondary N) is 2. The Balaban J connectivity index is 1.59. The molecule has 6 atom stereocenters. The van der Waals surface area contributed by atoms with Gasteiger partial charge in [0.2, 0.25) is 5.91 Å². The van der Waals surface area contributed by atoms with Crippen molar-refractivity contribution in [2.75, 3.05) is 12.9 Å². The van der Waals surface area contributed by atoms with Gasteiger partial charge in [-0.2, -0.15) is 11.8 Å². The number of carbonyl (C=O) groups excluding carboxylic acids is 2. The minimum atomic E-state index is -0.241. The lowest BCUT2D eigenvalue weighted by Gasteiger charge is -2.31. The Kier molecular flexibility index (Phi) is 6.08. The molecule has 0 radical (unpaired) electrons. The first-order valence-electron chi connectivity index (χ1n) is 9.33. The number of hydrogen-bond donors (Lipinski definition) is 2. The summed E-state index contributed by atoms with van der Waals surface area (Å²) in [6.45, 7) is 2.29. The maximum atomic E-state index is 12.8. The summed E-state index contributed by atoms with van der Waals surface area (Å²) in [5, 5.41) is 7.07. The number of ether oxygens (including phenoxy) is 1. The van der Waals surface area contributed by atoms with Crippen LogP contribution in [-0.2, 0) is 14.3 Å². The Bertz CT molecular complexity index is 467. The molecular weight excluding hydrogens is 324 g/mol. The minimum Gasteiger partial charge on any atom is -0.469 e. The Morgan fingerprint density at radius 2 is 2.12 bits per heavy atom. The second-order valence-electron chi connectivity index (χ2n) is 7.60. The van der Waals surface area contributed by atoms with Gasteiger partial charge in [-0.3, -0.25) is 9.59 Å². The molecule has 5 nitrogen and oxygen atoms in total. The van der Waals surface area contributed by atoms with Crippen LogP contribution < -0.4 is 10.6 Å². The zero-order valence-corrected chi connectivity index (χ0v) is 15.6. The molecule has 3 aliphatic rings. The van der Waals surface area contributed by atoms with E-state index in [4.69, 9.17) is 4.74 Å². The maximum absolute atomic E-state index is 12.8. The number of methoxy groups -OCH3 is 1. The molecule has 1 amide bonds. The highest BCUT2D eigenvalue weighted by Crippen LogP contribution is 2.37. The van der Waals surface area contributed by atoms with Crippen LogP contribution in [0.1, 0.15) is 51.9 Å². The van der Waals surface area contributed by atoms with E-state index in [1.807, 2.05) is 11.8 Å². The summed E-state index contributed by atoms with van der Waals surface area (Å²) in [5.74, 6) is 2.22. The van der Waals surface area contributed by atoms with Crippen molar-refractivity contribution < 1.29 is 14.3 Å². The second-order valence-corrected chi connectivity index (χ2v) is 8.94. The van der Waals surface area contributed by atoms with Crippen molar-refractivity contribution in [2.45, 2.75) is 75.2 Å². The molecule has 2 heterocycles. The number of amides is 1. The fraction of sp³-hybridized carbons (Fsp3) is 0.889. The van der Waals surface area contributed by atoms with Gasteiger partial charge >= 0.3 is 5.97 Å². The molecule has 1 aliphatic carbocycles. The van der Waals surface area contributed by atoms with E-state index in [9.17, 15) is 9.59 Å². The molecule has 0 aromatic heterocycles. The highest BCUT2D eigenvalue weighted by Gasteiger charge is 2.42. The standard InChI is InChI=1S/C18H30N2O3S/c1-11-5-3-6-12-9-14(19-17(11)12)18(22)20-13(10-16(21)23-2)15-7-4-8-24-15/h11-15,17,19H,3-10H2,1-2H3,(H,20,22). The number of rotatable bonds is 5. The molecule has 24 heavy (non-hydrogen) atoms. The van der Waals surface area contributed by atoms with Crippen LogP contribution in [0.2, 0.25) is 0 Å². The molecule has 6 heteroatoms. The first kappa shape index (κ1) is 18.1. The van der Waals surface area contributed by atoms with E-state index in [1.165, 1.54) is 26.4 Å². The predicted molar refractivity (Wildman–Crippen MR) is 95.9 cm³/mol. The number of hydrogen-bond acceptors (Lipinski definition) is 5. The third-order valence-electron chi connectivity index (χ3n) is 5.96. The molecule has 0 aromatic carbocycles. The topological polar surface area (TPSA) is 67.4 Å². The lowest BCUT2D eigenvalue weighted by molar-refractivity contribution is -0.141. The Labute approximate surface area is 149 Å². The fourth-order valence-corrected chi connectivity index (χ4v) is 5.98. The zero-order chi connectivity index (χ0) is 17.1. The molecule has 2 aliphatic heterocycles. The monoisotopic (exact) mass is 354 g/mol. The quantitative estimate of drug-likeness (QED) is 0.740. The average molecular weight is 355 g/mol. The first-order chi connectivity index (χ1) is 11.6. The van der Waals surface area contributed by atoms with E-state index >= 15 is 0 Å². The Morgan fingerprint density at radius 3 is 2.79 bits per heavy atom. The highest BCUT2D eigenvalue weighted by atomic mass is 32.2. The molecule has 0 bridgehead atoms. The number of esters is 1. The van der Waals surface area contributed by atoms with Gasteiger partial charge in [0, 0.05) is 11.3 Å². The van der Waals surface area contributed by atoms with E-state index < -0.39 is 0 Å². The first-order valence-corrected chi connectivity index (χ1v) is 10.4. The zero-order valence-electron chi connectivity index (χ0n) is 14.8. The molecule has 2 saturated heterocycles. The number of thioether (sulfide) groups is 1. The summed E-state index contributed by atoms with van der Waals surface area (Å²) in [6.07, 6.45) is 7.20. The smallest absolute Gasteiger partial charge is 0.307 e. The SMILES string of the molecule is COC(=O)CC(NC(=O)C1CC2CCCC(C)C2N1)C1CCCS1. The van der Waals surface area contributed by atoms with Crippen molar-refractivity contribution in [3.05, 3.63) is 0 Å². The molecule has 136 valence electrons. The minimum absolute atomic E-state index is 0.0676. The van der Waals surface area contributed by atoms with Crippen LogP contribution in [0.3, 0.4) is 0 Å². The van der Waals surface area contributed by atoms with Crippen molar-refractivity contribution in [3.8, 4) is 0 Å². The van der Waals surface area contributed by atoms with Crippen molar-refractivity contribution in [3.63, 3.8) is 0 Å². The van der Waals surface area contributed by atoms with Crippen molar-refractivity contribution in [2.24, 2.45) is 11.8 Å². The highest BCUT2D eigenvalue weighted by molar-refractivity contribution is 8.00. The van der Waals surface area contributed by atoms with Crippen LogP contribution in [0.25, 0.3) is 0 Å². The van der Waals surface area contributed by atoms with E-state index in [0.717, 1.165) is 25.0 Å². The third kappa shape index (κ3) is 4.07. The van der Waals surface area contributed by atoms with Gasteiger partial charge in [0.1, 0.15) is 0 Å². The van der Waals surface area contributed by atoms with Gasteiger partial charge in [0.15, 0.2) is 0 Å². The lowest BCUT2D eigenvalue weighted by Crippen LogP contribution is -2.50. The molecule has 0 spiro atoms. The normalized spacial score (nSPS) is 36.8. The van der Waals surface area contributed by atoms with Gasteiger partial charge in [-0.15, -0.1) is 0 Å².